The monoisotopic (exact) mass is 459 g/mol. The quantitative estimate of drug-likeness (QED) is 0.466. The molecule has 2 atom stereocenters. The van der Waals surface area contributed by atoms with Gasteiger partial charge in [0.1, 0.15) is 16.9 Å². The summed E-state index contributed by atoms with van der Waals surface area (Å²) >= 11 is 6.46. The number of halogens is 1. The first-order chi connectivity index (χ1) is 15.4. The van der Waals surface area contributed by atoms with Gasteiger partial charge in [0.05, 0.1) is 19.3 Å². The number of furan rings is 1. The fourth-order valence-electron chi connectivity index (χ4n) is 3.60. The van der Waals surface area contributed by atoms with Crippen LogP contribution in [0.25, 0.3) is 27.9 Å². The first kappa shape index (κ1) is 22.7. The van der Waals surface area contributed by atoms with E-state index in [9.17, 15) is 10.2 Å². The highest BCUT2D eigenvalue weighted by atomic mass is 35.5. The number of nitrogens with zero attached hydrogens (tertiary/aromatic N) is 2. The van der Waals surface area contributed by atoms with Gasteiger partial charge in [-0.05, 0) is 36.8 Å². The molecule has 0 saturated carbocycles. The van der Waals surface area contributed by atoms with Gasteiger partial charge in [-0.15, -0.1) is 0 Å². The summed E-state index contributed by atoms with van der Waals surface area (Å²) in [6.07, 6.45) is 4.56. The second-order valence-corrected chi connectivity index (χ2v) is 8.50. The smallest absolute Gasteiger partial charge is 0.257 e. The molecule has 8 nitrogen and oxygen atoms in total. The second-order valence-electron chi connectivity index (χ2n) is 8.06. The second kappa shape index (κ2) is 9.17. The molecule has 0 fully saturated rings. The van der Waals surface area contributed by atoms with Crippen LogP contribution in [0.2, 0.25) is 0 Å². The molecule has 4 rings (SSSR count). The van der Waals surface area contributed by atoms with Crippen molar-refractivity contribution in [3.8, 4) is 11.4 Å². The van der Waals surface area contributed by atoms with Gasteiger partial charge in [-0.2, -0.15) is 4.98 Å². The van der Waals surface area contributed by atoms with Crippen molar-refractivity contribution >= 4 is 28.1 Å². The van der Waals surface area contributed by atoms with Crippen molar-refractivity contribution in [1.29, 1.82) is 0 Å². The lowest BCUT2D eigenvalue weighted by Gasteiger charge is -2.25. The topological polar surface area (TPSA) is 128 Å². The van der Waals surface area contributed by atoms with E-state index in [0.717, 1.165) is 22.9 Å². The number of benzene rings is 1. The highest BCUT2D eigenvalue weighted by Crippen LogP contribution is 2.34. The molecule has 170 valence electrons. The fourth-order valence-corrected chi connectivity index (χ4v) is 3.98. The van der Waals surface area contributed by atoms with Gasteiger partial charge in [-0.1, -0.05) is 36.7 Å². The average Bonchev–Trinajstić information content (AvgIpc) is 3.45. The predicted octanol–water partition coefficient (Wildman–Crippen LogP) is 3.57. The third kappa shape index (κ3) is 4.24. The van der Waals surface area contributed by atoms with E-state index in [-0.39, 0.29) is 12.0 Å². The SMILES string of the molecule is CCCOC1C(Cl)=CC(c2nc(-c3ccc4oc(C(N)(CO)CO)cc4c3)no2)=CC1C. The molecule has 2 unspecified atom stereocenters. The third-order valence-electron chi connectivity index (χ3n) is 5.49. The molecule has 0 saturated heterocycles. The summed E-state index contributed by atoms with van der Waals surface area (Å²) in [6, 6.07) is 7.08. The molecule has 1 aliphatic carbocycles. The van der Waals surface area contributed by atoms with E-state index < -0.39 is 18.8 Å². The van der Waals surface area contributed by atoms with Crippen LogP contribution < -0.4 is 5.73 Å². The van der Waals surface area contributed by atoms with Crippen LogP contribution in [-0.2, 0) is 10.3 Å². The summed E-state index contributed by atoms with van der Waals surface area (Å²) < 4.78 is 17.0. The Morgan fingerprint density at radius 1 is 1.25 bits per heavy atom. The number of fused-ring (bicyclic) bond motifs is 1. The van der Waals surface area contributed by atoms with Crippen LogP contribution >= 0.6 is 11.6 Å². The Morgan fingerprint density at radius 2 is 2.03 bits per heavy atom. The van der Waals surface area contributed by atoms with Crippen molar-refractivity contribution in [3.05, 3.63) is 53.1 Å². The molecule has 32 heavy (non-hydrogen) atoms. The molecular weight excluding hydrogens is 434 g/mol. The van der Waals surface area contributed by atoms with Crippen molar-refractivity contribution in [3.63, 3.8) is 0 Å². The van der Waals surface area contributed by atoms with Gasteiger partial charge in [-0.25, -0.2) is 0 Å². The largest absolute Gasteiger partial charge is 0.459 e. The zero-order valence-electron chi connectivity index (χ0n) is 17.9. The summed E-state index contributed by atoms with van der Waals surface area (Å²) in [5.41, 5.74) is 6.70. The number of aliphatic hydroxyl groups is 2. The lowest BCUT2D eigenvalue weighted by atomic mass is 9.94. The zero-order chi connectivity index (χ0) is 22.9. The van der Waals surface area contributed by atoms with Gasteiger partial charge in [0.15, 0.2) is 0 Å². The van der Waals surface area contributed by atoms with Crippen molar-refractivity contribution in [2.75, 3.05) is 19.8 Å². The zero-order valence-corrected chi connectivity index (χ0v) is 18.7. The minimum absolute atomic E-state index is 0.0691. The number of aliphatic hydroxyl groups excluding tert-OH is 2. The van der Waals surface area contributed by atoms with E-state index in [1.807, 2.05) is 19.1 Å². The van der Waals surface area contributed by atoms with Crippen LogP contribution in [0.3, 0.4) is 0 Å². The van der Waals surface area contributed by atoms with Gasteiger partial charge in [-0.3, -0.25) is 0 Å². The summed E-state index contributed by atoms with van der Waals surface area (Å²) in [5.74, 6) is 1.15. The Bertz CT molecular complexity index is 1160. The van der Waals surface area contributed by atoms with Crippen molar-refractivity contribution in [2.45, 2.75) is 31.9 Å². The molecule has 0 spiro atoms. The van der Waals surface area contributed by atoms with Crippen LogP contribution in [0.4, 0.5) is 0 Å². The fraction of sp³-hybridized carbons (Fsp3) is 0.391. The first-order valence-electron chi connectivity index (χ1n) is 10.5. The van der Waals surface area contributed by atoms with Crippen molar-refractivity contribution < 1.29 is 23.9 Å². The highest BCUT2D eigenvalue weighted by molar-refractivity contribution is 6.31. The molecule has 2 heterocycles. The number of nitrogens with two attached hydrogens (primary N) is 1. The van der Waals surface area contributed by atoms with Crippen molar-refractivity contribution in [2.24, 2.45) is 11.7 Å². The van der Waals surface area contributed by atoms with Crippen LogP contribution in [0.1, 0.15) is 31.9 Å². The first-order valence-corrected chi connectivity index (χ1v) is 10.9. The number of rotatable bonds is 8. The van der Waals surface area contributed by atoms with E-state index in [1.54, 1.807) is 24.3 Å². The van der Waals surface area contributed by atoms with E-state index >= 15 is 0 Å². The number of ether oxygens (including phenoxy) is 1. The van der Waals surface area contributed by atoms with E-state index in [2.05, 4.69) is 17.1 Å². The Kier molecular flexibility index (Phi) is 6.50. The normalized spacial score (nSPS) is 19.3. The lowest BCUT2D eigenvalue weighted by Crippen LogP contribution is -2.43. The number of allylic oxidation sites excluding steroid dienone is 2. The van der Waals surface area contributed by atoms with Crippen LogP contribution in [0.15, 0.2) is 50.4 Å². The van der Waals surface area contributed by atoms with Gasteiger partial charge in [0, 0.05) is 34.1 Å². The minimum Gasteiger partial charge on any atom is -0.459 e. The minimum atomic E-state index is -1.35. The molecule has 0 amide bonds. The number of aromatic nitrogens is 2. The predicted molar refractivity (Wildman–Crippen MR) is 121 cm³/mol. The van der Waals surface area contributed by atoms with E-state index in [4.69, 9.17) is 31.0 Å². The maximum absolute atomic E-state index is 9.51. The number of hydrogen-bond acceptors (Lipinski definition) is 8. The van der Waals surface area contributed by atoms with E-state index in [1.165, 1.54) is 0 Å². The summed E-state index contributed by atoms with van der Waals surface area (Å²) in [6.45, 7) is 3.84. The lowest BCUT2D eigenvalue weighted by molar-refractivity contribution is 0.0593. The molecule has 9 heteroatoms. The average molecular weight is 460 g/mol. The Morgan fingerprint density at radius 3 is 2.72 bits per heavy atom. The van der Waals surface area contributed by atoms with Crippen LogP contribution in [-0.4, -0.2) is 46.3 Å². The molecule has 4 N–H and O–H groups in total. The molecule has 0 aliphatic heterocycles. The number of hydrogen-bond donors (Lipinski definition) is 3. The van der Waals surface area contributed by atoms with Crippen molar-refractivity contribution in [1.82, 2.24) is 10.1 Å². The van der Waals surface area contributed by atoms with E-state index in [0.29, 0.717) is 34.7 Å². The summed E-state index contributed by atoms with van der Waals surface area (Å²) in [4.78, 5) is 4.53. The maximum Gasteiger partial charge on any atom is 0.257 e. The van der Waals surface area contributed by atoms with Gasteiger partial charge in [0.2, 0.25) is 5.82 Å². The standard InChI is InChI=1S/C23H26ClN3O5/c1-3-6-30-20-13(2)7-16(9-17(20)24)22-26-21(27-32-22)14-4-5-18-15(8-14)10-19(31-18)23(25,11-28)12-29/h4-5,7-10,13,20,28-29H,3,6,11-12,25H2,1-2H3. The maximum atomic E-state index is 9.51. The summed E-state index contributed by atoms with van der Waals surface area (Å²) in [7, 11) is 0. The third-order valence-corrected chi connectivity index (χ3v) is 5.81. The molecular formula is C23H26ClN3O5. The molecule has 2 aromatic heterocycles. The molecule has 3 aromatic rings. The molecule has 0 bridgehead atoms. The van der Waals surface area contributed by atoms with Gasteiger partial charge >= 0.3 is 0 Å². The Hall–Kier alpha value is -2.49. The Labute approximate surface area is 190 Å². The highest BCUT2D eigenvalue weighted by Gasteiger charge is 2.30. The van der Waals surface area contributed by atoms with Gasteiger partial charge < -0.3 is 29.6 Å². The van der Waals surface area contributed by atoms with Gasteiger partial charge in [0.25, 0.3) is 5.89 Å². The Balaban J connectivity index is 1.60. The molecule has 0 radical (unpaired) electrons. The van der Waals surface area contributed by atoms with Crippen LogP contribution in [0.5, 0.6) is 0 Å². The molecule has 1 aromatic carbocycles. The summed E-state index contributed by atoms with van der Waals surface area (Å²) in [5, 5.41) is 24.5. The van der Waals surface area contributed by atoms with Crippen LogP contribution in [0, 0.1) is 5.92 Å². The molecule has 1 aliphatic rings.